The minimum Gasteiger partial charge on any atom is -0.329 e. The van der Waals surface area contributed by atoms with Gasteiger partial charge in [-0.25, -0.2) is 4.39 Å². The zero-order valence-corrected chi connectivity index (χ0v) is 12.5. The molecule has 0 aliphatic rings. The predicted octanol–water partition coefficient (Wildman–Crippen LogP) is 3.82. The van der Waals surface area contributed by atoms with Crippen LogP contribution < -0.4 is 5.73 Å². The lowest BCUT2D eigenvalue weighted by Gasteiger charge is -2.28. The average Bonchev–Trinajstić information content (AvgIpc) is 2.37. The van der Waals surface area contributed by atoms with E-state index in [4.69, 9.17) is 5.73 Å². The third kappa shape index (κ3) is 4.97. The topological polar surface area (TPSA) is 29.3 Å². The van der Waals surface area contributed by atoms with E-state index in [0.717, 1.165) is 25.1 Å². The van der Waals surface area contributed by atoms with Crippen LogP contribution in [-0.2, 0) is 6.18 Å². The molecule has 0 amide bonds. The Bertz CT molecular complexity index is 457. The van der Waals surface area contributed by atoms with Crippen molar-refractivity contribution < 1.29 is 17.6 Å². The zero-order valence-electron chi connectivity index (χ0n) is 12.5. The molecule has 0 fully saturated rings. The van der Waals surface area contributed by atoms with Crippen LogP contribution in [0, 0.1) is 11.7 Å². The second-order valence-electron chi connectivity index (χ2n) is 5.65. The zero-order chi connectivity index (χ0) is 16.2. The van der Waals surface area contributed by atoms with Crippen molar-refractivity contribution in [2.75, 3.05) is 20.1 Å². The molecule has 0 aromatic heterocycles. The first-order valence-electron chi connectivity index (χ1n) is 6.93. The van der Waals surface area contributed by atoms with Gasteiger partial charge in [0, 0.05) is 12.6 Å². The Kier molecular flexibility index (Phi) is 6.16. The summed E-state index contributed by atoms with van der Waals surface area (Å²) in [7, 11) is 1.82. The highest BCUT2D eigenvalue weighted by atomic mass is 19.4. The fourth-order valence-electron chi connectivity index (χ4n) is 2.16. The van der Waals surface area contributed by atoms with Crippen LogP contribution in [0.5, 0.6) is 0 Å². The van der Waals surface area contributed by atoms with E-state index in [1.54, 1.807) is 0 Å². The van der Waals surface area contributed by atoms with Crippen LogP contribution in [0.1, 0.15) is 37.4 Å². The number of hydrogen-bond donors (Lipinski definition) is 1. The van der Waals surface area contributed by atoms with E-state index in [-0.39, 0.29) is 12.6 Å². The molecule has 2 N–H and O–H groups in total. The van der Waals surface area contributed by atoms with Crippen molar-refractivity contribution in [3.8, 4) is 0 Å². The summed E-state index contributed by atoms with van der Waals surface area (Å²) in [6, 6.07) is 2.73. The Morgan fingerprint density at radius 2 is 1.86 bits per heavy atom. The van der Waals surface area contributed by atoms with Crippen LogP contribution in [0.4, 0.5) is 17.6 Å². The number of hydrogen-bond acceptors (Lipinski definition) is 2. The van der Waals surface area contributed by atoms with Gasteiger partial charge in [0.2, 0.25) is 0 Å². The maximum Gasteiger partial charge on any atom is 0.419 e. The summed E-state index contributed by atoms with van der Waals surface area (Å²) in [5.74, 6) is -0.767. The number of halogens is 4. The minimum atomic E-state index is -4.70. The molecule has 2 nitrogen and oxygen atoms in total. The SMILES string of the molecule is CC(C)CCN(C)C(CN)c1ccc(F)c(C(F)(F)F)c1. The molecule has 120 valence electrons. The molecule has 1 atom stereocenters. The van der Waals surface area contributed by atoms with Crippen molar-refractivity contribution in [3.63, 3.8) is 0 Å². The van der Waals surface area contributed by atoms with Gasteiger partial charge in [0.15, 0.2) is 0 Å². The monoisotopic (exact) mass is 306 g/mol. The van der Waals surface area contributed by atoms with Gasteiger partial charge in [-0.3, -0.25) is 4.90 Å². The summed E-state index contributed by atoms with van der Waals surface area (Å²) in [6.45, 7) is 5.05. The van der Waals surface area contributed by atoms with E-state index >= 15 is 0 Å². The lowest BCUT2D eigenvalue weighted by atomic mass is 10.0. The second kappa shape index (κ2) is 7.22. The molecule has 0 saturated carbocycles. The smallest absolute Gasteiger partial charge is 0.329 e. The summed E-state index contributed by atoms with van der Waals surface area (Å²) in [5, 5.41) is 0. The highest BCUT2D eigenvalue weighted by molar-refractivity contribution is 5.29. The second-order valence-corrected chi connectivity index (χ2v) is 5.65. The molecule has 21 heavy (non-hydrogen) atoms. The molecule has 0 bridgehead atoms. The van der Waals surface area contributed by atoms with Gasteiger partial charge in [-0.1, -0.05) is 19.9 Å². The molecule has 0 aliphatic heterocycles. The minimum absolute atomic E-state index is 0.178. The molecule has 1 aromatic rings. The summed E-state index contributed by atoms with van der Waals surface area (Å²) in [6.07, 6.45) is -3.78. The fourth-order valence-corrected chi connectivity index (χ4v) is 2.16. The Labute approximate surface area is 122 Å². The van der Waals surface area contributed by atoms with Crippen molar-refractivity contribution in [1.82, 2.24) is 4.90 Å². The largest absolute Gasteiger partial charge is 0.419 e. The van der Waals surface area contributed by atoms with E-state index in [1.165, 1.54) is 6.07 Å². The van der Waals surface area contributed by atoms with Gasteiger partial charge in [-0.2, -0.15) is 13.2 Å². The number of likely N-dealkylation sites (N-methyl/N-ethyl adjacent to an activating group) is 1. The molecular formula is C15H22F4N2. The predicted molar refractivity (Wildman–Crippen MR) is 75.3 cm³/mol. The number of nitrogens with zero attached hydrogens (tertiary/aromatic N) is 1. The van der Waals surface area contributed by atoms with Gasteiger partial charge in [0.25, 0.3) is 0 Å². The lowest BCUT2D eigenvalue weighted by Crippen LogP contribution is -2.32. The molecule has 1 rings (SSSR count). The van der Waals surface area contributed by atoms with Crippen LogP contribution >= 0.6 is 0 Å². The normalized spacial score (nSPS) is 14.0. The molecule has 0 radical (unpaired) electrons. The van der Waals surface area contributed by atoms with Crippen LogP contribution in [-0.4, -0.2) is 25.0 Å². The number of rotatable bonds is 6. The van der Waals surface area contributed by atoms with Gasteiger partial charge >= 0.3 is 6.18 Å². The summed E-state index contributed by atoms with van der Waals surface area (Å²) in [4.78, 5) is 1.91. The third-order valence-corrected chi connectivity index (χ3v) is 3.50. The van der Waals surface area contributed by atoms with Crippen LogP contribution in [0.15, 0.2) is 18.2 Å². The lowest BCUT2D eigenvalue weighted by molar-refractivity contribution is -0.140. The molecule has 0 aliphatic carbocycles. The van der Waals surface area contributed by atoms with E-state index in [9.17, 15) is 17.6 Å². The average molecular weight is 306 g/mol. The maximum atomic E-state index is 13.3. The first-order chi connectivity index (χ1) is 9.66. The number of benzene rings is 1. The highest BCUT2D eigenvalue weighted by Crippen LogP contribution is 2.33. The van der Waals surface area contributed by atoms with Crippen molar-refractivity contribution >= 4 is 0 Å². The van der Waals surface area contributed by atoms with Crippen molar-refractivity contribution in [2.45, 2.75) is 32.5 Å². The van der Waals surface area contributed by atoms with Gasteiger partial charge < -0.3 is 5.73 Å². The van der Waals surface area contributed by atoms with E-state index in [0.29, 0.717) is 11.5 Å². The van der Waals surface area contributed by atoms with Gasteiger partial charge in [0.05, 0.1) is 5.56 Å². The van der Waals surface area contributed by atoms with Crippen LogP contribution in [0.3, 0.4) is 0 Å². The molecule has 6 heteroatoms. The Hall–Kier alpha value is -1.14. The number of alkyl halides is 3. The highest BCUT2D eigenvalue weighted by Gasteiger charge is 2.34. The molecule has 0 spiro atoms. The van der Waals surface area contributed by atoms with Crippen molar-refractivity contribution in [3.05, 3.63) is 35.1 Å². The first-order valence-corrected chi connectivity index (χ1v) is 6.93. The third-order valence-electron chi connectivity index (χ3n) is 3.50. The van der Waals surface area contributed by atoms with Crippen molar-refractivity contribution in [1.29, 1.82) is 0 Å². The Morgan fingerprint density at radius 1 is 1.24 bits per heavy atom. The summed E-state index contributed by atoms with van der Waals surface area (Å²) in [5.41, 5.74) is 4.84. The van der Waals surface area contributed by atoms with Crippen LogP contribution in [0.2, 0.25) is 0 Å². The van der Waals surface area contributed by atoms with E-state index in [2.05, 4.69) is 13.8 Å². The van der Waals surface area contributed by atoms with Gasteiger partial charge in [0.1, 0.15) is 5.82 Å². The maximum absolute atomic E-state index is 13.3. The van der Waals surface area contributed by atoms with Crippen LogP contribution in [0.25, 0.3) is 0 Å². The first kappa shape index (κ1) is 17.9. The Morgan fingerprint density at radius 3 is 2.33 bits per heavy atom. The summed E-state index contributed by atoms with van der Waals surface area (Å²) < 4.78 is 51.6. The molecule has 0 saturated heterocycles. The van der Waals surface area contributed by atoms with E-state index in [1.807, 2.05) is 11.9 Å². The standard InChI is InChI=1S/C15H22F4N2/c1-10(2)6-7-21(3)14(9-20)11-4-5-13(16)12(8-11)15(17,18)19/h4-5,8,10,14H,6-7,9,20H2,1-3H3. The summed E-state index contributed by atoms with van der Waals surface area (Å²) >= 11 is 0. The molecular weight excluding hydrogens is 284 g/mol. The quantitative estimate of drug-likeness (QED) is 0.810. The fraction of sp³-hybridized carbons (Fsp3) is 0.600. The Balaban J connectivity index is 3.01. The van der Waals surface area contributed by atoms with E-state index < -0.39 is 17.6 Å². The molecule has 0 heterocycles. The van der Waals surface area contributed by atoms with Gasteiger partial charge in [-0.15, -0.1) is 0 Å². The van der Waals surface area contributed by atoms with Gasteiger partial charge in [-0.05, 0) is 43.6 Å². The molecule has 1 aromatic carbocycles. The molecule has 1 unspecified atom stereocenters. The van der Waals surface area contributed by atoms with Crippen molar-refractivity contribution in [2.24, 2.45) is 11.7 Å². The number of nitrogens with two attached hydrogens (primary N) is 1.